The van der Waals surface area contributed by atoms with Crippen molar-refractivity contribution in [3.05, 3.63) is 88.8 Å². The molecule has 0 radical (unpaired) electrons. The lowest BCUT2D eigenvalue weighted by molar-refractivity contribution is 0.340. The van der Waals surface area contributed by atoms with Crippen molar-refractivity contribution in [3.63, 3.8) is 0 Å². The van der Waals surface area contributed by atoms with Crippen molar-refractivity contribution in [3.8, 4) is 29.4 Å². The van der Waals surface area contributed by atoms with Gasteiger partial charge >= 0.3 is 0 Å². The molecule has 1 fully saturated rings. The van der Waals surface area contributed by atoms with Crippen molar-refractivity contribution in [2.75, 3.05) is 24.6 Å². The van der Waals surface area contributed by atoms with Crippen molar-refractivity contribution < 1.29 is 4.74 Å². The van der Waals surface area contributed by atoms with Crippen LogP contribution >= 0.6 is 0 Å². The van der Waals surface area contributed by atoms with E-state index >= 15 is 0 Å². The number of hydrogen-bond donors (Lipinski definition) is 1. The molecule has 0 spiro atoms. The summed E-state index contributed by atoms with van der Waals surface area (Å²) in [5, 5.41) is 0. The molecule has 1 saturated heterocycles. The van der Waals surface area contributed by atoms with Crippen LogP contribution in [0.1, 0.15) is 59.6 Å². The van der Waals surface area contributed by atoms with Gasteiger partial charge in [-0.15, -0.1) is 6.42 Å². The van der Waals surface area contributed by atoms with Gasteiger partial charge in [0.05, 0.1) is 18.0 Å². The van der Waals surface area contributed by atoms with Gasteiger partial charge in [-0.2, -0.15) is 0 Å². The average molecular weight is 502 g/mol. The zero-order valence-electron chi connectivity index (χ0n) is 21.9. The van der Waals surface area contributed by atoms with Crippen LogP contribution in [-0.2, 0) is 6.42 Å². The number of aryl methyl sites for hydroxylation is 1. The number of terminal acetylenes is 1. The Labute approximate surface area is 223 Å². The fourth-order valence-electron chi connectivity index (χ4n) is 5.53. The predicted octanol–water partition coefficient (Wildman–Crippen LogP) is 6.04. The number of anilines is 1. The summed E-state index contributed by atoms with van der Waals surface area (Å²) in [6.07, 6.45) is 12.3. The smallest absolute Gasteiger partial charge is 0.139 e. The van der Waals surface area contributed by atoms with Gasteiger partial charge in [-0.1, -0.05) is 18.1 Å². The summed E-state index contributed by atoms with van der Waals surface area (Å²) in [6.45, 7) is 6.64. The summed E-state index contributed by atoms with van der Waals surface area (Å²) in [7, 11) is 0. The molecule has 2 aliphatic rings. The molecule has 6 nitrogen and oxygen atoms in total. The van der Waals surface area contributed by atoms with Crippen LogP contribution in [-0.4, -0.2) is 39.6 Å². The number of fused-ring (bicyclic) bond motifs is 1. The maximum absolute atomic E-state index is 5.59. The third kappa shape index (κ3) is 4.56. The zero-order valence-corrected chi connectivity index (χ0v) is 21.9. The van der Waals surface area contributed by atoms with Crippen LogP contribution in [0.5, 0.6) is 5.75 Å². The van der Waals surface area contributed by atoms with E-state index in [1.807, 2.05) is 31.2 Å². The van der Waals surface area contributed by atoms with Gasteiger partial charge in [0.2, 0.25) is 0 Å². The van der Waals surface area contributed by atoms with Crippen LogP contribution in [0.4, 0.5) is 5.82 Å². The SMILES string of the molecule is C#Cc1ccc(C2=Cc3c(ncnc3N3CCC(c4nc(-c5ccc(OCC)cc5)c(C)[nH]4)CC3)C2)cc1. The fourth-order valence-corrected chi connectivity index (χ4v) is 5.53. The van der Waals surface area contributed by atoms with Crippen LogP contribution in [0, 0.1) is 19.3 Å². The number of aromatic amines is 1. The first-order valence-electron chi connectivity index (χ1n) is 13.3. The molecule has 0 saturated carbocycles. The van der Waals surface area contributed by atoms with E-state index in [1.54, 1.807) is 6.33 Å². The second kappa shape index (κ2) is 10.2. The van der Waals surface area contributed by atoms with Crippen LogP contribution < -0.4 is 9.64 Å². The van der Waals surface area contributed by atoms with Crippen molar-refractivity contribution in [2.24, 2.45) is 0 Å². The highest BCUT2D eigenvalue weighted by Crippen LogP contribution is 2.37. The number of aromatic nitrogens is 4. The van der Waals surface area contributed by atoms with Crippen LogP contribution in [0.2, 0.25) is 0 Å². The Bertz CT molecular complexity index is 1520. The van der Waals surface area contributed by atoms with Gasteiger partial charge in [0.1, 0.15) is 23.7 Å². The highest BCUT2D eigenvalue weighted by atomic mass is 16.5. The number of allylic oxidation sites excluding steroid dienone is 1. The topological polar surface area (TPSA) is 66.9 Å². The number of nitrogens with zero attached hydrogens (tertiary/aromatic N) is 4. The van der Waals surface area contributed by atoms with Gasteiger partial charge in [-0.05, 0) is 80.3 Å². The van der Waals surface area contributed by atoms with E-state index in [0.717, 1.165) is 83.5 Å². The number of imidazole rings is 1. The molecular formula is C32H31N5O. The highest BCUT2D eigenvalue weighted by Gasteiger charge is 2.28. The van der Waals surface area contributed by atoms with Crippen LogP contribution in [0.3, 0.4) is 0 Å². The molecule has 4 aromatic rings. The standard InChI is InChI=1S/C32H31N5O/c1-4-22-6-8-23(9-7-22)26-18-28-29(19-26)33-20-34-32(28)37-16-14-25(15-17-37)31-35-21(3)30(36-31)24-10-12-27(13-11-24)38-5-2/h1,6-13,18,20,25H,5,14-17,19H2,2-3H3,(H,35,36). The molecule has 2 aromatic carbocycles. The summed E-state index contributed by atoms with van der Waals surface area (Å²) < 4.78 is 5.59. The Morgan fingerprint density at radius 3 is 2.47 bits per heavy atom. The van der Waals surface area contributed by atoms with E-state index in [4.69, 9.17) is 21.1 Å². The number of ether oxygens (including phenoxy) is 1. The van der Waals surface area contributed by atoms with Gasteiger partial charge < -0.3 is 14.6 Å². The molecule has 1 aliphatic heterocycles. The second-order valence-electron chi connectivity index (χ2n) is 9.94. The van der Waals surface area contributed by atoms with E-state index in [9.17, 15) is 0 Å². The molecule has 0 atom stereocenters. The molecular weight excluding hydrogens is 470 g/mol. The Hall–Kier alpha value is -4.37. The first-order chi connectivity index (χ1) is 18.6. The summed E-state index contributed by atoms with van der Waals surface area (Å²) in [5.74, 6) is 6.09. The first-order valence-corrected chi connectivity index (χ1v) is 13.3. The highest BCUT2D eigenvalue weighted by molar-refractivity contribution is 5.91. The van der Waals surface area contributed by atoms with E-state index < -0.39 is 0 Å². The van der Waals surface area contributed by atoms with Crippen molar-refractivity contribution >= 4 is 17.5 Å². The van der Waals surface area contributed by atoms with Gasteiger partial charge in [0.25, 0.3) is 0 Å². The van der Waals surface area contributed by atoms with Gasteiger partial charge in [0.15, 0.2) is 0 Å². The van der Waals surface area contributed by atoms with E-state index in [1.165, 1.54) is 11.1 Å². The van der Waals surface area contributed by atoms with Gasteiger partial charge in [0, 0.05) is 47.8 Å². The van der Waals surface area contributed by atoms with Crippen LogP contribution in [0.15, 0.2) is 54.9 Å². The monoisotopic (exact) mass is 501 g/mol. The second-order valence-corrected chi connectivity index (χ2v) is 9.94. The molecule has 0 unspecified atom stereocenters. The van der Waals surface area contributed by atoms with E-state index in [2.05, 4.69) is 58.1 Å². The molecule has 3 heterocycles. The third-order valence-electron chi connectivity index (χ3n) is 7.57. The maximum atomic E-state index is 5.59. The van der Waals surface area contributed by atoms with E-state index in [0.29, 0.717) is 12.5 Å². The van der Waals surface area contributed by atoms with E-state index in [-0.39, 0.29) is 0 Å². The van der Waals surface area contributed by atoms with Gasteiger partial charge in [-0.25, -0.2) is 15.0 Å². The molecule has 1 N–H and O–H groups in total. The molecule has 1 aliphatic carbocycles. The number of H-pyrrole nitrogens is 1. The summed E-state index contributed by atoms with van der Waals surface area (Å²) in [6, 6.07) is 16.4. The Balaban J connectivity index is 1.16. The lowest BCUT2D eigenvalue weighted by Crippen LogP contribution is -2.34. The minimum atomic E-state index is 0.400. The number of hydrogen-bond acceptors (Lipinski definition) is 5. The largest absolute Gasteiger partial charge is 0.494 e. The molecule has 2 aromatic heterocycles. The average Bonchev–Trinajstić information content (AvgIpc) is 3.58. The quantitative estimate of drug-likeness (QED) is 0.327. The predicted molar refractivity (Wildman–Crippen MR) is 152 cm³/mol. The van der Waals surface area contributed by atoms with Crippen LogP contribution in [0.25, 0.3) is 22.9 Å². The lowest BCUT2D eigenvalue weighted by atomic mass is 9.96. The summed E-state index contributed by atoms with van der Waals surface area (Å²) in [4.78, 5) is 20.3. The summed E-state index contributed by atoms with van der Waals surface area (Å²) >= 11 is 0. The lowest BCUT2D eigenvalue weighted by Gasteiger charge is -2.32. The molecule has 6 rings (SSSR count). The minimum absolute atomic E-state index is 0.400. The third-order valence-corrected chi connectivity index (χ3v) is 7.57. The van der Waals surface area contributed by atoms with Crippen molar-refractivity contribution in [1.82, 2.24) is 19.9 Å². The fraction of sp³-hybridized carbons (Fsp3) is 0.281. The Morgan fingerprint density at radius 2 is 1.76 bits per heavy atom. The minimum Gasteiger partial charge on any atom is -0.494 e. The normalized spacial score (nSPS) is 15.2. The number of piperidine rings is 1. The Kier molecular flexibility index (Phi) is 6.43. The van der Waals surface area contributed by atoms with Gasteiger partial charge in [-0.3, -0.25) is 0 Å². The number of rotatable bonds is 6. The molecule has 6 heteroatoms. The first kappa shape index (κ1) is 24.0. The zero-order chi connectivity index (χ0) is 26.1. The Morgan fingerprint density at radius 1 is 1.03 bits per heavy atom. The molecule has 38 heavy (non-hydrogen) atoms. The maximum Gasteiger partial charge on any atom is 0.139 e. The number of nitrogens with one attached hydrogen (secondary N) is 1. The summed E-state index contributed by atoms with van der Waals surface area (Å²) in [5.41, 5.74) is 8.81. The van der Waals surface area contributed by atoms with Crippen molar-refractivity contribution in [2.45, 2.75) is 39.0 Å². The molecule has 0 bridgehead atoms. The van der Waals surface area contributed by atoms with Crippen molar-refractivity contribution in [1.29, 1.82) is 0 Å². The molecule has 190 valence electrons. The number of benzene rings is 2. The molecule has 0 amide bonds.